The average molecular weight is 324 g/mol. The van der Waals surface area contributed by atoms with Gasteiger partial charge in [0.1, 0.15) is 6.54 Å². The van der Waals surface area contributed by atoms with Crippen LogP contribution in [0.15, 0.2) is 33.5 Å². The van der Waals surface area contributed by atoms with Gasteiger partial charge in [-0.15, -0.1) is 0 Å². The number of oxazole rings is 1. The normalized spacial score (nSPS) is 20.3. The number of carbonyl (C=O) groups is 1. The highest BCUT2D eigenvalue weighted by atomic mass is 32.2. The van der Waals surface area contributed by atoms with E-state index in [-0.39, 0.29) is 29.9 Å². The first-order valence-electron chi connectivity index (χ1n) is 7.00. The van der Waals surface area contributed by atoms with Gasteiger partial charge in [0.05, 0.1) is 17.0 Å². The smallest absolute Gasteiger partial charge is 0.408 e. The Morgan fingerprint density at radius 1 is 1.36 bits per heavy atom. The van der Waals surface area contributed by atoms with Crippen molar-refractivity contribution in [2.75, 3.05) is 18.1 Å². The summed E-state index contributed by atoms with van der Waals surface area (Å²) in [5.74, 6) is -0.675. The molecule has 0 spiro atoms. The Kier molecular flexibility index (Phi) is 3.78. The molecule has 1 atom stereocenters. The molecule has 1 fully saturated rings. The fourth-order valence-corrected chi connectivity index (χ4v) is 4.52. The number of aromatic nitrogens is 1. The zero-order valence-electron chi connectivity index (χ0n) is 11.8. The summed E-state index contributed by atoms with van der Waals surface area (Å²) in [5, 5.41) is 2.69. The molecule has 1 aliphatic heterocycles. The lowest BCUT2D eigenvalue weighted by Gasteiger charge is -2.09. The molecule has 7 nitrogen and oxygen atoms in total. The van der Waals surface area contributed by atoms with E-state index in [2.05, 4.69) is 5.32 Å². The van der Waals surface area contributed by atoms with E-state index in [1.165, 1.54) is 4.57 Å². The first-order chi connectivity index (χ1) is 10.4. The molecule has 0 bridgehead atoms. The van der Waals surface area contributed by atoms with Crippen molar-refractivity contribution in [2.45, 2.75) is 13.0 Å². The summed E-state index contributed by atoms with van der Waals surface area (Å²) in [7, 11) is -2.95. The number of benzene rings is 1. The Labute approximate surface area is 126 Å². The van der Waals surface area contributed by atoms with Crippen LogP contribution in [0.1, 0.15) is 6.42 Å². The summed E-state index contributed by atoms with van der Waals surface area (Å²) in [5.41, 5.74) is 0.994. The molecule has 118 valence electrons. The molecule has 0 aliphatic carbocycles. The van der Waals surface area contributed by atoms with Crippen LogP contribution >= 0.6 is 0 Å². The number of nitrogens with zero attached hydrogens (tertiary/aromatic N) is 1. The number of hydrogen-bond acceptors (Lipinski definition) is 5. The number of carbonyl (C=O) groups excluding carboxylic acids is 1. The summed E-state index contributed by atoms with van der Waals surface area (Å²) in [6.45, 7) is 0.165. The molecule has 22 heavy (non-hydrogen) atoms. The minimum atomic E-state index is -2.95. The molecular weight excluding hydrogens is 308 g/mol. The number of amides is 1. The number of nitrogens with one attached hydrogen (secondary N) is 1. The highest BCUT2D eigenvalue weighted by Gasteiger charge is 2.28. The van der Waals surface area contributed by atoms with Gasteiger partial charge in [0.25, 0.3) is 0 Å². The molecule has 3 rings (SSSR count). The molecule has 1 N–H and O–H groups in total. The van der Waals surface area contributed by atoms with Crippen molar-refractivity contribution in [3.05, 3.63) is 34.8 Å². The van der Waals surface area contributed by atoms with Gasteiger partial charge in [0, 0.05) is 6.54 Å². The second kappa shape index (κ2) is 5.60. The van der Waals surface area contributed by atoms with E-state index >= 15 is 0 Å². The van der Waals surface area contributed by atoms with Crippen molar-refractivity contribution >= 4 is 26.8 Å². The van der Waals surface area contributed by atoms with Crippen LogP contribution in [0.2, 0.25) is 0 Å². The van der Waals surface area contributed by atoms with E-state index in [0.717, 1.165) is 0 Å². The number of fused-ring (bicyclic) bond motifs is 1. The lowest BCUT2D eigenvalue weighted by atomic mass is 10.1. The van der Waals surface area contributed by atoms with Gasteiger partial charge in [-0.25, -0.2) is 13.2 Å². The van der Waals surface area contributed by atoms with Crippen molar-refractivity contribution in [2.24, 2.45) is 5.92 Å². The first-order valence-corrected chi connectivity index (χ1v) is 8.82. The van der Waals surface area contributed by atoms with Crippen LogP contribution in [-0.4, -0.2) is 36.9 Å². The molecule has 0 radical (unpaired) electrons. The second-order valence-electron chi connectivity index (χ2n) is 5.49. The average Bonchev–Trinajstić information content (AvgIpc) is 2.97. The summed E-state index contributed by atoms with van der Waals surface area (Å²) >= 11 is 0. The minimum absolute atomic E-state index is 0.0493. The van der Waals surface area contributed by atoms with Gasteiger partial charge in [-0.1, -0.05) is 12.1 Å². The summed E-state index contributed by atoms with van der Waals surface area (Å²) in [6.07, 6.45) is 0.567. The minimum Gasteiger partial charge on any atom is -0.408 e. The predicted molar refractivity (Wildman–Crippen MR) is 80.2 cm³/mol. The Hall–Kier alpha value is -2.09. The van der Waals surface area contributed by atoms with Crippen molar-refractivity contribution in [1.82, 2.24) is 9.88 Å². The molecule has 8 heteroatoms. The molecule has 2 heterocycles. The van der Waals surface area contributed by atoms with Gasteiger partial charge < -0.3 is 9.73 Å². The molecule has 1 saturated heterocycles. The standard InChI is InChI=1S/C14H16N2O5S/c17-13(15-7-10-5-6-22(19,20)9-10)8-16-11-3-1-2-4-12(11)21-14(16)18/h1-4,10H,5-9H2,(H,15,17). The fourth-order valence-electron chi connectivity index (χ4n) is 2.65. The van der Waals surface area contributed by atoms with Crippen molar-refractivity contribution < 1.29 is 17.6 Å². The van der Waals surface area contributed by atoms with Crippen molar-refractivity contribution in [1.29, 1.82) is 0 Å². The van der Waals surface area contributed by atoms with Gasteiger partial charge in [-0.05, 0) is 24.5 Å². The van der Waals surface area contributed by atoms with Crippen LogP contribution in [0.3, 0.4) is 0 Å². The van der Waals surface area contributed by atoms with Crippen LogP contribution in [0.5, 0.6) is 0 Å². The molecule has 0 saturated carbocycles. The maximum atomic E-state index is 12.0. The largest absolute Gasteiger partial charge is 0.420 e. The number of hydrogen-bond donors (Lipinski definition) is 1. The number of rotatable bonds is 4. The van der Waals surface area contributed by atoms with Gasteiger partial charge in [-0.3, -0.25) is 9.36 Å². The Morgan fingerprint density at radius 2 is 2.14 bits per heavy atom. The third-order valence-electron chi connectivity index (χ3n) is 3.79. The van der Waals surface area contributed by atoms with E-state index in [1.54, 1.807) is 24.3 Å². The van der Waals surface area contributed by atoms with Crippen LogP contribution in [0.4, 0.5) is 0 Å². The van der Waals surface area contributed by atoms with E-state index in [1.807, 2.05) is 0 Å². The number of sulfone groups is 1. The van der Waals surface area contributed by atoms with Gasteiger partial charge in [-0.2, -0.15) is 0 Å². The van der Waals surface area contributed by atoms with Gasteiger partial charge >= 0.3 is 5.76 Å². The van der Waals surface area contributed by atoms with Crippen molar-refractivity contribution in [3.63, 3.8) is 0 Å². The fraction of sp³-hybridized carbons (Fsp3) is 0.429. The van der Waals surface area contributed by atoms with Crippen LogP contribution in [0.25, 0.3) is 11.1 Å². The third kappa shape index (κ3) is 3.06. The molecule has 1 aromatic carbocycles. The molecule has 1 aliphatic rings. The Balaban J connectivity index is 1.64. The molecular formula is C14H16N2O5S. The SMILES string of the molecule is O=C(Cn1c(=O)oc2ccccc21)NCC1CCS(=O)(=O)C1. The molecule has 1 unspecified atom stereocenters. The second-order valence-corrected chi connectivity index (χ2v) is 7.72. The Bertz CT molecular complexity index is 865. The zero-order valence-corrected chi connectivity index (χ0v) is 12.6. The van der Waals surface area contributed by atoms with E-state index in [0.29, 0.717) is 24.1 Å². The third-order valence-corrected chi connectivity index (χ3v) is 5.63. The highest BCUT2D eigenvalue weighted by Crippen LogP contribution is 2.17. The molecule has 2 aromatic rings. The maximum absolute atomic E-state index is 12.0. The topological polar surface area (TPSA) is 98.4 Å². The zero-order chi connectivity index (χ0) is 15.7. The quantitative estimate of drug-likeness (QED) is 0.863. The van der Waals surface area contributed by atoms with E-state index in [4.69, 9.17) is 4.42 Å². The van der Waals surface area contributed by atoms with Crippen molar-refractivity contribution in [3.8, 4) is 0 Å². The molecule has 1 amide bonds. The predicted octanol–water partition coefficient (Wildman–Crippen LogP) is 0.145. The van der Waals surface area contributed by atoms with E-state index < -0.39 is 15.6 Å². The van der Waals surface area contributed by atoms with Crippen LogP contribution in [0, 0.1) is 5.92 Å². The maximum Gasteiger partial charge on any atom is 0.420 e. The highest BCUT2D eigenvalue weighted by molar-refractivity contribution is 7.91. The summed E-state index contributed by atoms with van der Waals surface area (Å²) in [4.78, 5) is 23.7. The van der Waals surface area contributed by atoms with Crippen LogP contribution in [-0.2, 0) is 21.2 Å². The van der Waals surface area contributed by atoms with Gasteiger partial charge in [0.15, 0.2) is 15.4 Å². The van der Waals surface area contributed by atoms with Crippen LogP contribution < -0.4 is 11.1 Å². The first kappa shape index (κ1) is 14.8. The lowest BCUT2D eigenvalue weighted by molar-refractivity contribution is -0.121. The Morgan fingerprint density at radius 3 is 2.86 bits per heavy atom. The number of para-hydroxylation sites is 2. The lowest BCUT2D eigenvalue weighted by Crippen LogP contribution is -2.34. The van der Waals surface area contributed by atoms with Gasteiger partial charge in [0.2, 0.25) is 5.91 Å². The summed E-state index contributed by atoms with van der Waals surface area (Å²) in [6, 6.07) is 6.87. The summed E-state index contributed by atoms with van der Waals surface area (Å²) < 4.78 is 29.0. The monoisotopic (exact) mass is 324 g/mol. The van der Waals surface area contributed by atoms with E-state index in [9.17, 15) is 18.0 Å². The molecule has 1 aromatic heterocycles.